The summed E-state index contributed by atoms with van der Waals surface area (Å²) in [5.74, 6) is 0. The first-order valence-corrected chi connectivity index (χ1v) is 2.65. The van der Waals surface area contributed by atoms with Gasteiger partial charge in [-0.25, -0.2) is 0 Å². The van der Waals surface area contributed by atoms with Crippen LogP contribution in [0.5, 0.6) is 0 Å². The van der Waals surface area contributed by atoms with Crippen molar-refractivity contribution in [2.45, 2.75) is 38.5 Å². The first-order chi connectivity index (χ1) is 3.80. The SMILES string of the molecule is [2H]C1CCCCC1[2H]. The van der Waals surface area contributed by atoms with Crippen LogP contribution in [0.15, 0.2) is 0 Å². The van der Waals surface area contributed by atoms with E-state index >= 15 is 0 Å². The van der Waals surface area contributed by atoms with E-state index in [1.807, 2.05) is 0 Å². The molecule has 0 aliphatic heterocycles. The maximum atomic E-state index is 7.29. The normalized spacial score (nSPS) is 53.3. The minimum Gasteiger partial charge on any atom is -0.0533 e. The molecular weight excluding hydrogens is 72.1 g/mol. The average molecular weight is 86.2 g/mol. The van der Waals surface area contributed by atoms with Crippen LogP contribution in [0.4, 0.5) is 0 Å². The van der Waals surface area contributed by atoms with Gasteiger partial charge in [-0.15, -0.1) is 0 Å². The van der Waals surface area contributed by atoms with E-state index in [4.69, 9.17) is 2.74 Å². The Labute approximate surface area is 42.4 Å². The maximum Gasteiger partial charge on any atom is 0.0267 e. The van der Waals surface area contributed by atoms with Crippen LogP contribution in [0.2, 0.25) is 0 Å². The van der Waals surface area contributed by atoms with Crippen LogP contribution in [-0.4, -0.2) is 0 Å². The quantitative estimate of drug-likeness (QED) is 0.424. The third-order valence-corrected chi connectivity index (χ3v) is 1.16. The molecule has 0 nitrogen and oxygen atoms in total. The number of hydrogen-bond acceptors (Lipinski definition) is 0. The average Bonchev–Trinajstić information content (AvgIpc) is 1.77. The van der Waals surface area contributed by atoms with Gasteiger partial charge in [-0.3, -0.25) is 0 Å². The van der Waals surface area contributed by atoms with Crippen molar-refractivity contribution in [2.24, 2.45) is 0 Å². The molecular formula is C6H12. The minimum atomic E-state index is -0.0799. The zero-order valence-corrected chi connectivity index (χ0v) is 3.98. The number of rotatable bonds is 0. The predicted molar refractivity (Wildman–Crippen MR) is 27.7 cm³/mol. The topological polar surface area (TPSA) is 0 Å². The van der Waals surface area contributed by atoms with Crippen molar-refractivity contribution in [3.63, 3.8) is 0 Å². The van der Waals surface area contributed by atoms with Crippen LogP contribution < -0.4 is 0 Å². The van der Waals surface area contributed by atoms with Crippen molar-refractivity contribution in [3.8, 4) is 0 Å². The molecule has 1 aliphatic carbocycles. The minimum absolute atomic E-state index is 0.0799. The second-order valence-electron chi connectivity index (χ2n) is 1.76. The van der Waals surface area contributed by atoms with Crippen molar-refractivity contribution in [2.75, 3.05) is 0 Å². The van der Waals surface area contributed by atoms with E-state index in [0.717, 1.165) is 12.8 Å². The highest BCUT2D eigenvalue weighted by molar-refractivity contribution is 4.51. The van der Waals surface area contributed by atoms with Crippen LogP contribution in [0, 0.1) is 0 Å². The van der Waals surface area contributed by atoms with Gasteiger partial charge in [0.05, 0.1) is 0 Å². The standard InChI is InChI=1S/C6H12/c1-2-4-6-5-3-1/h1-6H2/i1D,2D. The first-order valence-electron chi connectivity index (χ1n) is 3.80. The summed E-state index contributed by atoms with van der Waals surface area (Å²) in [6, 6.07) is 0. The van der Waals surface area contributed by atoms with Crippen LogP contribution >= 0.6 is 0 Å². The predicted octanol–water partition coefficient (Wildman–Crippen LogP) is 2.34. The molecule has 1 rings (SSSR count). The fraction of sp³-hybridized carbons (Fsp3) is 1.00. The number of hydrogen-bond donors (Lipinski definition) is 0. The van der Waals surface area contributed by atoms with E-state index < -0.39 is 0 Å². The van der Waals surface area contributed by atoms with E-state index in [1.54, 1.807) is 0 Å². The molecule has 0 radical (unpaired) electrons. The molecule has 1 fully saturated rings. The van der Waals surface area contributed by atoms with E-state index in [1.165, 1.54) is 12.8 Å². The van der Waals surface area contributed by atoms with Gasteiger partial charge in [0, 0.05) is 2.74 Å². The molecule has 6 heavy (non-hydrogen) atoms. The molecule has 1 aliphatic rings. The van der Waals surface area contributed by atoms with Gasteiger partial charge in [0.1, 0.15) is 0 Å². The van der Waals surface area contributed by atoms with Gasteiger partial charge in [-0.1, -0.05) is 38.5 Å². The molecule has 0 N–H and O–H groups in total. The zero-order valence-electron chi connectivity index (χ0n) is 5.98. The van der Waals surface area contributed by atoms with Gasteiger partial charge in [0.25, 0.3) is 0 Å². The van der Waals surface area contributed by atoms with Gasteiger partial charge < -0.3 is 0 Å². The van der Waals surface area contributed by atoms with Gasteiger partial charge in [-0.2, -0.15) is 0 Å². The van der Waals surface area contributed by atoms with E-state index in [9.17, 15) is 0 Å². The Kier molecular flexibility index (Phi) is 0.868. The summed E-state index contributed by atoms with van der Waals surface area (Å²) < 4.78 is 14.6. The van der Waals surface area contributed by atoms with Crippen molar-refractivity contribution >= 4 is 0 Å². The van der Waals surface area contributed by atoms with E-state index in [-0.39, 0.29) is 12.8 Å². The lowest BCUT2D eigenvalue weighted by Gasteiger charge is -2.05. The summed E-state index contributed by atoms with van der Waals surface area (Å²) in [5, 5.41) is 0. The van der Waals surface area contributed by atoms with Crippen LogP contribution in [-0.2, 0) is 0 Å². The molecule has 0 heterocycles. The lowest BCUT2D eigenvalue weighted by Crippen LogP contribution is -1.85. The fourth-order valence-corrected chi connectivity index (χ4v) is 0.760. The van der Waals surface area contributed by atoms with Crippen LogP contribution in [0.1, 0.15) is 41.2 Å². The molecule has 2 unspecified atom stereocenters. The highest BCUT2D eigenvalue weighted by Crippen LogP contribution is 2.15. The Morgan fingerprint density at radius 2 is 1.33 bits per heavy atom. The van der Waals surface area contributed by atoms with E-state index in [2.05, 4.69) is 0 Å². The first kappa shape index (κ1) is 2.34. The van der Waals surface area contributed by atoms with Crippen molar-refractivity contribution in [1.82, 2.24) is 0 Å². The Balaban J connectivity index is 2.28. The molecule has 0 aromatic heterocycles. The summed E-state index contributed by atoms with van der Waals surface area (Å²) >= 11 is 0. The summed E-state index contributed by atoms with van der Waals surface area (Å²) in [6.45, 7) is 0. The monoisotopic (exact) mass is 86.1 g/mol. The fourth-order valence-electron chi connectivity index (χ4n) is 0.760. The lowest BCUT2D eigenvalue weighted by molar-refractivity contribution is 0.504. The molecule has 0 spiro atoms. The molecule has 36 valence electrons. The van der Waals surface area contributed by atoms with Crippen LogP contribution in [0.3, 0.4) is 0 Å². The molecule has 0 aromatic rings. The van der Waals surface area contributed by atoms with Gasteiger partial charge in [0.2, 0.25) is 0 Å². The molecule has 0 heteroatoms. The summed E-state index contributed by atoms with van der Waals surface area (Å²) in [7, 11) is 0. The maximum absolute atomic E-state index is 7.29. The largest absolute Gasteiger partial charge is 0.0533 e. The Morgan fingerprint density at radius 1 is 0.833 bits per heavy atom. The van der Waals surface area contributed by atoms with Crippen molar-refractivity contribution in [3.05, 3.63) is 0 Å². The van der Waals surface area contributed by atoms with Crippen molar-refractivity contribution < 1.29 is 2.74 Å². The van der Waals surface area contributed by atoms with Gasteiger partial charge in [0.15, 0.2) is 0 Å². The molecule has 0 aromatic carbocycles. The van der Waals surface area contributed by atoms with Gasteiger partial charge >= 0.3 is 0 Å². The summed E-state index contributed by atoms with van der Waals surface area (Å²) in [4.78, 5) is 0. The summed E-state index contributed by atoms with van der Waals surface area (Å²) in [5.41, 5.74) is 0. The Morgan fingerprint density at radius 3 is 1.67 bits per heavy atom. The van der Waals surface area contributed by atoms with Gasteiger partial charge in [-0.05, 0) is 0 Å². The third-order valence-electron chi connectivity index (χ3n) is 1.16. The molecule has 2 atom stereocenters. The molecule has 0 saturated heterocycles. The Bertz CT molecular complexity index is 62.9. The zero-order chi connectivity index (χ0) is 5.98. The molecule has 0 amide bonds. The van der Waals surface area contributed by atoms with Crippen molar-refractivity contribution in [1.29, 1.82) is 0 Å². The highest BCUT2D eigenvalue weighted by atomic mass is 14.0. The second-order valence-corrected chi connectivity index (χ2v) is 1.76. The lowest BCUT2D eigenvalue weighted by atomic mass is 10.0. The van der Waals surface area contributed by atoms with Crippen LogP contribution in [0.25, 0.3) is 0 Å². The second kappa shape index (κ2) is 2.22. The van der Waals surface area contributed by atoms with E-state index in [0.29, 0.717) is 0 Å². The smallest absolute Gasteiger partial charge is 0.0267 e. The third kappa shape index (κ3) is 1.00. The summed E-state index contributed by atoms with van der Waals surface area (Å²) in [6.07, 6.45) is 4.09. The highest BCUT2D eigenvalue weighted by Gasteiger charge is 1.95. The molecule has 0 bridgehead atoms. The Hall–Kier alpha value is 0. The molecule has 1 saturated carbocycles.